The molecular weight excluding hydrogens is 473 g/mol. The minimum atomic E-state index is -1.00. The number of aliphatic carboxylic acids is 1. The van der Waals surface area contributed by atoms with E-state index in [1.54, 1.807) is 12.1 Å². The van der Waals surface area contributed by atoms with Gasteiger partial charge < -0.3 is 20.3 Å². The van der Waals surface area contributed by atoms with Crippen molar-refractivity contribution in [3.05, 3.63) is 75.8 Å². The molecule has 2 aromatic carbocycles. The fourth-order valence-corrected chi connectivity index (χ4v) is 5.20. The maximum atomic E-state index is 11.6. The van der Waals surface area contributed by atoms with E-state index in [4.69, 9.17) is 27.9 Å². The summed E-state index contributed by atoms with van der Waals surface area (Å²) in [5.74, 6) is -0.943. The van der Waals surface area contributed by atoms with Crippen LogP contribution in [0.3, 0.4) is 0 Å². The molecule has 7 heteroatoms. The number of carbonyl (C=O) groups is 1. The van der Waals surface area contributed by atoms with Gasteiger partial charge in [-0.25, -0.2) is 0 Å². The van der Waals surface area contributed by atoms with Crippen molar-refractivity contribution in [3.63, 3.8) is 0 Å². The highest BCUT2D eigenvalue weighted by Crippen LogP contribution is 2.39. The molecule has 0 saturated carbocycles. The third-order valence-electron chi connectivity index (χ3n) is 6.33. The molecule has 0 saturated heterocycles. The topological polar surface area (TPSA) is 78.8 Å². The summed E-state index contributed by atoms with van der Waals surface area (Å²) >= 11 is 12.7. The van der Waals surface area contributed by atoms with Gasteiger partial charge in [-0.2, -0.15) is 0 Å². The van der Waals surface area contributed by atoms with Crippen molar-refractivity contribution in [3.8, 4) is 5.75 Å². The molecule has 3 N–H and O–H groups in total. The predicted molar refractivity (Wildman–Crippen MR) is 137 cm³/mol. The number of ether oxygens (including phenoxy) is 1. The molecule has 0 aromatic heterocycles. The maximum absolute atomic E-state index is 11.6. The Bertz CT molecular complexity index is 999. The van der Waals surface area contributed by atoms with Gasteiger partial charge in [0.25, 0.3) is 0 Å². The smallest absolute Gasteiger partial charge is 0.311 e. The number of hydrogen-bond acceptors (Lipinski definition) is 4. The number of β-amino-alcohol motifs (C(OH)–C–C–N with tert-alkyl or cyclic N) is 1. The first kappa shape index (κ1) is 26.6. The van der Waals surface area contributed by atoms with Crippen LogP contribution in [-0.2, 0) is 17.6 Å². The average Bonchev–Trinajstić information content (AvgIpc) is 3.19. The molecule has 2 aromatic rings. The number of carboxylic acids is 1. The lowest BCUT2D eigenvalue weighted by atomic mass is 9.88. The number of carboxylic acid groups (broad SMARTS) is 1. The van der Waals surface area contributed by atoms with E-state index in [9.17, 15) is 15.0 Å². The first-order valence-electron chi connectivity index (χ1n) is 11.6. The van der Waals surface area contributed by atoms with E-state index in [0.717, 1.165) is 19.3 Å². The number of nitrogens with one attached hydrogen (secondary N) is 1. The van der Waals surface area contributed by atoms with Crippen molar-refractivity contribution in [1.29, 1.82) is 0 Å². The predicted octanol–water partition coefficient (Wildman–Crippen LogP) is 5.65. The first-order chi connectivity index (χ1) is 16.1. The molecule has 1 unspecified atom stereocenters. The number of aliphatic hydroxyl groups excluding tert-OH is 1. The molecule has 0 radical (unpaired) electrons. The van der Waals surface area contributed by atoms with Gasteiger partial charge in [-0.1, -0.05) is 59.6 Å². The lowest BCUT2D eigenvalue weighted by Crippen LogP contribution is -2.46. The molecule has 3 rings (SSSR count). The molecule has 0 aliphatic heterocycles. The highest BCUT2D eigenvalue weighted by molar-refractivity contribution is 6.43. The summed E-state index contributed by atoms with van der Waals surface area (Å²) < 4.78 is 5.70. The maximum Gasteiger partial charge on any atom is 0.311 e. The van der Waals surface area contributed by atoms with Crippen LogP contribution in [0.25, 0.3) is 0 Å². The molecule has 0 bridgehead atoms. The Kier molecular flexibility index (Phi) is 9.05. The minimum absolute atomic E-state index is 0.0301. The molecule has 0 heterocycles. The average molecular weight is 506 g/mol. The summed E-state index contributed by atoms with van der Waals surface area (Å²) in [6.07, 6.45) is 4.22. The van der Waals surface area contributed by atoms with Crippen LogP contribution in [0.2, 0.25) is 10.0 Å². The van der Waals surface area contributed by atoms with E-state index in [-0.39, 0.29) is 28.6 Å². The zero-order valence-electron chi connectivity index (χ0n) is 19.7. The fourth-order valence-electron chi connectivity index (χ4n) is 4.68. The van der Waals surface area contributed by atoms with E-state index < -0.39 is 18.0 Å². The quantitative estimate of drug-likeness (QED) is 0.324. The third-order valence-corrected chi connectivity index (χ3v) is 7.21. The zero-order chi connectivity index (χ0) is 24.9. The van der Waals surface area contributed by atoms with Gasteiger partial charge in [0.2, 0.25) is 0 Å². The molecule has 5 nitrogen and oxygen atoms in total. The van der Waals surface area contributed by atoms with Crippen molar-refractivity contribution in [2.24, 2.45) is 5.92 Å². The number of fused-ring (bicyclic) bond motifs is 1. The molecule has 1 aliphatic rings. The van der Waals surface area contributed by atoms with Crippen molar-refractivity contribution in [2.75, 3.05) is 13.2 Å². The van der Waals surface area contributed by atoms with Crippen LogP contribution < -0.4 is 10.1 Å². The van der Waals surface area contributed by atoms with Crippen molar-refractivity contribution < 1.29 is 19.7 Å². The Balaban J connectivity index is 1.50. The summed E-state index contributed by atoms with van der Waals surface area (Å²) in [7, 11) is 0. The molecular formula is C27H33Cl2NO4. The monoisotopic (exact) mass is 505 g/mol. The zero-order valence-corrected chi connectivity index (χ0v) is 21.2. The molecule has 34 heavy (non-hydrogen) atoms. The van der Waals surface area contributed by atoms with Crippen molar-refractivity contribution in [1.82, 2.24) is 5.32 Å². The highest BCUT2D eigenvalue weighted by Gasteiger charge is 2.28. The second-order valence-electron chi connectivity index (χ2n) is 9.67. The number of allylic oxidation sites excluding steroid dienone is 1. The van der Waals surface area contributed by atoms with Crippen LogP contribution in [0, 0.1) is 5.92 Å². The van der Waals surface area contributed by atoms with Gasteiger partial charge in [0.1, 0.15) is 23.5 Å². The van der Waals surface area contributed by atoms with E-state index >= 15 is 0 Å². The summed E-state index contributed by atoms with van der Waals surface area (Å²) in [6.45, 7) is 8.31. The van der Waals surface area contributed by atoms with Crippen LogP contribution in [0.1, 0.15) is 49.3 Å². The molecule has 0 spiro atoms. The van der Waals surface area contributed by atoms with Gasteiger partial charge >= 0.3 is 5.97 Å². The minimum Gasteiger partial charge on any atom is -0.489 e. The Labute approximate surface area is 211 Å². The SMILES string of the molecule is C=CCC(C(=O)O)c1ccc(OC[C@H](O)CNC(C)(C)CC2Cc3ccccc3C2)c(Cl)c1Cl. The van der Waals surface area contributed by atoms with Gasteiger partial charge in [-0.3, -0.25) is 4.79 Å². The van der Waals surface area contributed by atoms with Gasteiger partial charge in [0.05, 0.1) is 10.9 Å². The van der Waals surface area contributed by atoms with Gasteiger partial charge in [0, 0.05) is 12.1 Å². The first-order valence-corrected chi connectivity index (χ1v) is 12.3. The van der Waals surface area contributed by atoms with Crippen molar-refractivity contribution in [2.45, 2.75) is 57.1 Å². The van der Waals surface area contributed by atoms with Crippen LogP contribution in [0.5, 0.6) is 5.75 Å². The van der Waals surface area contributed by atoms with Crippen LogP contribution >= 0.6 is 23.2 Å². The lowest BCUT2D eigenvalue weighted by molar-refractivity contribution is -0.138. The highest BCUT2D eigenvalue weighted by atomic mass is 35.5. The Morgan fingerprint density at radius 2 is 1.85 bits per heavy atom. The number of halogens is 2. The Hall–Kier alpha value is -2.05. The summed E-state index contributed by atoms with van der Waals surface area (Å²) in [5, 5.41) is 23.7. The van der Waals surface area contributed by atoms with E-state index in [2.05, 4.69) is 50.0 Å². The number of hydrogen-bond donors (Lipinski definition) is 3. The summed E-state index contributed by atoms with van der Waals surface area (Å²) in [4.78, 5) is 11.6. The molecule has 184 valence electrons. The van der Waals surface area contributed by atoms with E-state index in [0.29, 0.717) is 23.8 Å². The third kappa shape index (κ3) is 6.76. The Morgan fingerprint density at radius 3 is 2.44 bits per heavy atom. The number of rotatable bonds is 12. The molecule has 0 fully saturated rings. The number of benzene rings is 2. The lowest BCUT2D eigenvalue weighted by Gasteiger charge is -2.30. The summed E-state index contributed by atoms with van der Waals surface area (Å²) in [6, 6.07) is 11.8. The standard InChI is InChI=1S/C27H33Cl2NO4/c1-4-7-22(26(32)33)21-10-11-23(25(29)24(21)28)34-16-20(31)15-30-27(2,3)14-17-12-18-8-5-6-9-19(18)13-17/h4-6,8-11,17,20,22,30-31H,1,7,12-16H2,2-3H3,(H,32,33)/t20-,22?/m1/s1. The summed E-state index contributed by atoms with van der Waals surface area (Å²) in [5.41, 5.74) is 3.16. The Morgan fingerprint density at radius 1 is 1.21 bits per heavy atom. The van der Waals surface area contributed by atoms with Gasteiger partial charge in [-0.15, -0.1) is 6.58 Å². The molecule has 2 atom stereocenters. The van der Waals surface area contributed by atoms with E-state index in [1.165, 1.54) is 17.2 Å². The second-order valence-corrected chi connectivity index (χ2v) is 10.4. The van der Waals surface area contributed by atoms with Gasteiger partial charge in [0.15, 0.2) is 0 Å². The van der Waals surface area contributed by atoms with Crippen LogP contribution in [-0.4, -0.2) is 41.0 Å². The molecule has 0 amide bonds. The number of aliphatic hydroxyl groups is 1. The van der Waals surface area contributed by atoms with Crippen molar-refractivity contribution >= 4 is 29.2 Å². The van der Waals surface area contributed by atoms with Gasteiger partial charge in [-0.05, 0) is 68.2 Å². The fraction of sp³-hybridized carbons (Fsp3) is 0.444. The second kappa shape index (κ2) is 11.6. The van der Waals surface area contributed by atoms with E-state index in [1.807, 2.05) is 0 Å². The van der Waals surface area contributed by atoms with Crippen LogP contribution in [0.15, 0.2) is 49.1 Å². The largest absolute Gasteiger partial charge is 0.489 e. The normalized spacial score (nSPS) is 15.6. The molecule has 1 aliphatic carbocycles. The van der Waals surface area contributed by atoms with Crippen LogP contribution in [0.4, 0.5) is 0 Å².